The number of aliphatic hydroxyl groups excluding tert-OH is 2. The van der Waals surface area contributed by atoms with E-state index >= 15 is 0 Å². The molecule has 4 nitrogen and oxygen atoms in total. The van der Waals surface area contributed by atoms with Crippen LogP contribution in [0.15, 0.2) is 0 Å². The molecule has 0 saturated heterocycles. The van der Waals surface area contributed by atoms with Crippen LogP contribution in [-0.4, -0.2) is 34.5 Å². The number of hydrogen-bond donors (Lipinski definition) is 2. The highest BCUT2D eigenvalue weighted by Crippen LogP contribution is 2.67. The van der Waals surface area contributed by atoms with Gasteiger partial charge in [-0.05, 0) is 73.0 Å². The van der Waals surface area contributed by atoms with Gasteiger partial charge in [0.25, 0.3) is 0 Å². The Bertz CT molecular complexity index is 586. The smallest absolute Gasteiger partial charge is 0.161 e. The van der Waals surface area contributed by atoms with Crippen molar-refractivity contribution in [2.24, 2.45) is 40.4 Å². The Morgan fingerprint density at radius 3 is 2.52 bits per heavy atom. The lowest BCUT2D eigenvalue weighted by atomic mass is 9.44. The van der Waals surface area contributed by atoms with Gasteiger partial charge in [-0.25, -0.2) is 0 Å². The number of hydrogen-bond acceptors (Lipinski definition) is 4. The summed E-state index contributed by atoms with van der Waals surface area (Å²) >= 11 is 0. The average Bonchev–Trinajstić information content (AvgIpc) is 2.93. The minimum absolute atomic E-state index is 0.00663. The van der Waals surface area contributed by atoms with Gasteiger partial charge in [0.15, 0.2) is 5.78 Å². The third-order valence-corrected chi connectivity index (χ3v) is 9.04. The van der Waals surface area contributed by atoms with E-state index in [-0.39, 0.29) is 41.2 Å². The van der Waals surface area contributed by atoms with Crippen molar-refractivity contribution >= 4 is 11.6 Å². The molecule has 4 fully saturated rings. The summed E-state index contributed by atoms with van der Waals surface area (Å²) in [4.78, 5) is 24.3. The molecule has 0 aliphatic heterocycles. The van der Waals surface area contributed by atoms with Crippen molar-refractivity contribution in [3.05, 3.63) is 0 Å². The highest BCUT2D eigenvalue weighted by molar-refractivity contribution is 5.83. The molecule has 0 aromatic carbocycles. The molecule has 4 heteroatoms. The van der Waals surface area contributed by atoms with E-state index in [4.69, 9.17) is 0 Å². The zero-order chi connectivity index (χ0) is 18.0. The largest absolute Gasteiger partial charge is 0.393 e. The first-order valence-electron chi connectivity index (χ1n) is 10.1. The van der Waals surface area contributed by atoms with Gasteiger partial charge in [0, 0.05) is 18.8 Å². The van der Waals surface area contributed by atoms with Gasteiger partial charge in [-0.3, -0.25) is 9.59 Å². The first-order chi connectivity index (χ1) is 11.8. The van der Waals surface area contributed by atoms with Crippen LogP contribution < -0.4 is 0 Å². The second kappa shape index (κ2) is 5.88. The van der Waals surface area contributed by atoms with E-state index in [1.165, 1.54) is 0 Å². The molecule has 8 atom stereocenters. The van der Waals surface area contributed by atoms with E-state index in [1.807, 2.05) is 0 Å². The van der Waals surface area contributed by atoms with Gasteiger partial charge in [0.05, 0.1) is 6.10 Å². The lowest BCUT2D eigenvalue weighted by Crippen LogP contribution is -2.58. The van der Waals surface area contributed by atoms with Crippen molar-refractivity contribution < 1.29 is 19.8 Å². The maximum absolute atomic E-state index is 12.3. The van der Waals surface area contributed by atoms with Crippen molar-refractivity contribution in [1.82, 2.24) is 0 Å². The summed E-state index contributed by atoms with van der Waals surface area (Å²) in [6, 6.07) is 0. The summed E-state index contributed by atoms with van der Waals surface area (Å²) in [6.45, 7) is 4.23. The summed E-state index contributed by atoms with van der Waals surface area (Å²) in [5, 5.41) is 20.3. The Kier molecular flexibility index (Phi) is 4.16. The first kappa shape index (κ1) is 17.7. The maximum Gasteiger partial charge on any atom is 0.161 e. The third kappa shape index (κ3) is 2.39. The second-order valence-corrected chi connectivity index (χ2v) is 9.83. The Hall–Kier alpha value is -0.740. The van der Waals surface area contributed by atoms with E-state index in [9.17, 15) is 19.8 Å². The van der Waals surface area contributed by atoms with Crippen LogP contribution >= 0.6 is 0 Å². The van der Waals surface area contributed by atoms with Crippen LogP contribution in [0.5, 0.6) is 0 Å². The normalized spacial score (nSPS) is 52.2. The summed E-state index contributed by atoms with van der Waals surface area (Å²) in [6.07, 6.45) is 6.60. The highest BCUT2D eigenvalue weighted by atomic mass is 16.3. The predicted octanol–water partition coefficient (Wildman–Crippen LogP) is 2.75. The number of fused-ring (bicyclic) bond motifs is 5. The van der Waals surface area contributed by atoms with Crippen LogP contribution in [-0.2, 0) is 9.59 Å². The number of carbonyl (C=O) groups is 2. The molecular formula is C21H32O4. The summed E-state index contributed by atoms with van der Waals surface area (Å²) in [7, 11) is 0. The number of rotatable bonds is 2. The SMILES string of the molecule is C[C@]12CCC(=O)C[C@H]1[C@@H](O)C[C@@H]1[C@@H]2CC[C@]2(C)[C@@H](C(=O)CO)CC[C@@H]12. The highest BCUT2D eigenvalue weighted by Gasteiger charge is 2.62. The van der Waals surface area contributed by atoms with Gasteiger partial charge < -0.3 is 10.2 Å². The van der Waals surface area contributed by atoms with Gasteiger partial charge in [-0.15, -0.1) is 0 Å². The van der Waals surface area contributed by atoms with E-state index in [2.05, 4.69) is 13.8 Å². The Morgan fingerprint density at radius 2 is 1.80 bits per heavy atom. The number of Topliss-reactive ketones (excluding diaryl/α,β-unsaturated/α-hetero) is 2. The Balaban J connectivity index is 1.64. The zero-order valence-electron chi connectivity index (χ0n) is 15.5. The fourth-order valence-corrected chi connectivity index (χ4v) is 7.73. The van der Waals surface area contributed by atoms with E-state index in [1.54, 1.807) is 0 Å². The molecule has 0 spiro atoms. The molecule has 4 saturated carbocycles. The second-order valence-electron chi connectivity index (χ2n) is 9.83. The molecule has 25 heavy (non-hydrogen) atoms. The van der Waals surface area contributed by atoms with Crippen molar-refractivity contribution in [3.63, 3.8) is 0 Å². The molecule has 0 aromatic rings. The number of aliphatic hydroxyl groups is 2. The van der Waals surface area contributed by atoms with Gasteiger partial charge in [0.2, 0.25) is 0 Å². The molecule has 2 N–H and O–H groups in total. The quantitative estimate of drug-likeness (QED) is 0.805. The maximum atomic E-state index is 12.3. The van der Waals surface area contributed by atoms with Crippen LogP contribution in [0.1, 0.15) is 65.2 Å². The number of ketones is 2. The Labute approximate surface area is 150 Å². The third-order valence-electron chi connectivity index (χ3n) is 9.04. The fourth-order valence-electron chi connectivity index (χ4n) is 7.73. The van der Waals surface area contributed by atoms with Crippen molar-refractivity contribution in [2.45, 2.75) is 71.3 Å². The van der Waals surface area contributed by atoms with E-state index < -0.39 is 0 Å². The molecule has 4 rings (SSSR count). The van der Waals surface area contributed by atoms with Crippen molar-refractivity contribution in [1.29, 1.82) is 0 Å². The molecular weight excluding hydrogens is 316 g/mol. The molecule has 0 heterocycles. The van der Waals surface area contributed by atoms with Gasteiger partial charge in [-0.2, -0.15) is 0 Å². The molecule has 0 unspecified atom stereocenters. The minimum atomic E-state index is -0.384. The average molecular weight is 348 g/mol. The van der Waals surface area contributed by atoms with Crippen LogP contribution in [0.3, 0.4) is 0 Å². The van der Waals surface area contributed by atoms with Crippen LogP contribution in [0.25, 0.3) is 0 Å². The van der Waals surface area contributed by atoms with Crippen LogP contribution in [0.2, 0.25) is 0 Å². The molecule has 0 aromatic heterocycles. The summed E-state index contributed by atoms with van der Waals surface area (Å²) < 4.78 is 0. The Morgan fingerprint density at radius 1 is 1.08 bits per heavy atom. The lowest BCUT2D eigenvalue weighted by Gasteiger charge is -2.61. The molecule has 4 aliphatic rings. The van der Waals surface area contributed by atoms with Crippen LogP contribution in [0, 0.1) is 40.4 Å². The minimum Gasteiger partial charge on any atom is -0.393 e. The van der Waals surface area contributed by atoms with E-state index in [0.717, 1.165) is 38.5 Å². The monoisotopic (exact) mass is 348 g/mol. The molecule has 4 aliphatic carbocycles. The zero-order valence-corrected chi connectivity index (χ0v) is 15.5. The molecule has 140 valence electrons. The van der Waals surface area contributed by atoms with Crippen molar-refractivity contribution in [2.75, 3.05) is 6.61 Å². The fraction of sp³-hybridized carbons (Fsp3) is 0.905. The first-order valence-corrected chi connectivity index (χ1v) is 10.1. The van der Waals surface area contributed by atoms with Gasteiger partial charge in [-0.1, -0.05) is 13.8 Å². The summed E-state index contributed by atoms with van der Waals surface area (Å²) in [5.74, 6) is 1.92. The van der Waals surface area contributed by atoms with Gasteiger partial charge >= 0.3 is 0 Å². The summed E-state index contributed by atoms with van der Waals surface area (Å²) in [5.41, 5.74) is 0.0467. The number of carbonyl (C=O) groups excluding carboxylic acids is 2. The predicted molar refractivity (Wildman–Crippen MR) is 93.7 cm³/mol. The molecule has 0 bridgehead atoms. The standard InChI is InChI=1S/C21H32O4/c1-20-8-6-15-13(14(20)3-4-16(20)19(25)11-22)10-18(24)17-9-12(23)5-7-21(15,17)2/h13-18,22,24H,3-11H2,1-2H3/t13-,14-,15-,16+,17-,18-,20-,21+/m0/s1. The van der Waals surface area contributed by atoms with E-state index in [0.29, 0.717) is 36.4 Å². The molecule has 0 radical (unpaired) electrons. The lowest BCUT2D eigenvalue weighted by molar-refractivity contribution is -0.166. The van der Waals surface area contributed by atoms with Gasteiger partial charge in [0.1, 0.15) is 12.4 Å². The van der Waals surface area contributed by atoms with Crippen molar-refractivity contribution in [3.8, 4) is 0 Å². The topological polar surface area (TPSA) is 74.6 Å². The van der Waals surface area contributed by atoms with Crippen LogP contribution in [0.4, 0.5) is 0 Å². The molecule has 0 amide bonds.